The summed E-state index contributed by atoms with van der Waals surface area (Å²) in [5.41, 5.74) is 0. The van der Waals surface area contributed by atoms with Gasteiger partial charge in [0.1, 0.15) is 0 Å². The van der Waals surface area contributed by atoms with Crippen LogP contribution < -0.4 is 0 Å². The van der Waals surface area contributed by atoms with Crippen LogP contribution in [0.3, 0.4) is 0 Å². The molecule has 0 radical (unpaired) electrons. The van der Waals surface area contributed by atoms with Crippen LogP contribution in [-0.4, -0.2) is 137 Å². The first-order chi connectivity index (χ1) is 0. The second-order valence-corrected chi connectivity index (χ2v) is 0. The summed E-state index contributed by atoms with van der Waals surface area (Å²) in [6, 6.07) is 0. The first-order valence-electron chi connectivity index (χ1n) is 0. The van der Waals surface area contributed by atoms with E-state index in [1.807, 2.05) is 0 Å². The molecule has 0 rings (SSSR count). The summed E-state index contributed by atoms with van der Waals surface area (Å²) in [5.74, 6) is 0. The van der Waals surface area contributed by atoms with E-state index in [2.05, 4.69) is 0 Å². The second-order valence-electron chi connectivity index (χ2n) is 0. The maximum atomic E-state index is 0. The van der Waals surface area contributed by atoms with Gasteiger partial charge in [-0.15, -0.1) is 0 Å². The molecule has 15 heavy (non-hydrogen) atoms. The Labute approximate surface area is 136 Å². The molecule has 0 unspecified atom stereocenters. The van der Waals surface area contributed by atoms with Gasteiger partial charge in [-0.3, -0.25) is 0 Å². The van der Waals surface area contributed by atoms with Crippen LogP contribution in [0.25, 0.3) is 0 Å². The minimum absolute atomic E-state index is 0. The summed E-state index contributed by atoms with van der Waals surface area (Å²) in [7, 11) is 0. The van der Waals surface area contributed by atoms with Crippen molar-refractivity contribution in [2.24, 2.45) is 0 Å². The van der Waals surface area contributed by atoms with Crippen molar-refractivity contribution in [1.29, 1.82) is 0 Å². The van der Waals surface area contributed by atoms with E-state index in [0.29, 0.717) is 0 Å². The number of rotatable bonds is 0. The molecule has 0 saturated heterocycles. The van der Waals surface area contributed by atoms with Crippen molar-refractivity contribution in [3.63, 3.8) is 0 Å². The third-order valence-electron chi connectivity index (χ3n) is 0. The molecule has 12 nitrogen and oxygen atoms in total. The zero-order valence-corrected chi connectivity index (χ0v) is 15.4. The molecule has 96 valence electrons. The molecule has 0 fully saturated rings. The maximum Gasteiger partial charge on any atom is 4.00 e. The smallest absolute Gasteiger partial charge is 0.870 e. The van der Waals surface area contributed by atoms with Crippen molar-refractivity contribution in [1.82, 2.24) is 0 Å². The van der Waals surface area contributed by atoms with Crippen LogP contribution in [0.5, 0.6) is 0 Å². The van der Waals surface area contributed by atoms with Gasteiger partial charge in [0.2, 0.25) is 0 Å². The van der Waals surface area contributed by atoms with Gasteiger partial charge < -0.3 is 65.7 Å². The van der Waals surface area contributed by atoms with Gasteiger partial charge in [-0.2, -0.15) is 0 Å². The minimum Gasteiger partial charge on any atom is -0.870 e. The Morgan fingerprint density at radius 3 is 0.133 bits per heavy atom. The molecular weight excluding hydrogens is 548 g/mol. The predicted octanol–water partition coefficient (Wildman–Crippen LogP) is -3.26. The fraction of sp³-hybridized carbons (Fsp3) is 0. The van der Waals surface area contributed by atoms with E-state index in [9.17, 15) is 0 Å². The quantitative estimate of drug-likeness (QED) is 0.263. The van der Waals surface area contributed by atoms with E-state index in [1.165, 1.54) is 0 Å². The van der Waals surface area contributed by atoms with Crippen molar-refractivity contribution in [3.05, 3.63) is 0 Å². The molecule has 0 saturated carbocycles. The van der Waals surface area contributed by atoms with Crippen LogP contribution in [0.1, 0.15) is 0 Å². The van der Waals surface area contributed by atoms with Crippen LogP contribution in [-0.2, 0) is 0 Å². The molecule has 0 aliphatic carbocycles. The molecule has 0 heterocycles. The van der Waals surface area contributed by atoms with E-state index in [4.69, 9.17) is 0 Å². The molecule has 0 aromatic rings. The Hall–Kier alpha value is 1.92. The van der Waals surface area contributed by atoms with Crippen molar-refractivity contribution in [2.75, 3.05) is 0 Å². The molecule has 0 aromatic heterocycles. The second kappa shape index (κ2) is 965. The minimum atomic E-state index is 0. The molecule has 0 aliphatic heterocycles. The van der Waals surface area contributed by atoms with Crippen molar-refractivity contribution < 1.29 is 65.7 Å². The van der Waals surface area contributed by atoms with E-state index in [1.54, 1.807) is 0 Å². The summed E-state index contributed by atoms with van der Waals surface area (Å²) < 4.78 is 0. The third-order valence-corrected chi connectivity index (χ3v) is 0. The fourth-order valence-electron chi connectivity index (χ4n) is 0. The van der Waals surface area contributed by atoms with E-state index in [0.717, 1.165) is 0 Å². The van der Waals surface area contributed by atoms with Crippen molar-refractivity contribution in [2.45, 2.75) is 0 Å². The predicted molar refractivity (Wildman–Crippen MR) is 40.5 cm³/mol. The molecule has 0 aromatic carbocycles. The molecular formula is H12O12Sn3. The van der Waals surface area contributed by atoms with E-state index < -0.39 is 0 Å². The van der Waals surface area contributed by atoms with Gasteiger partial charge in [0.05, 0.1) is 0 Å². The monoisotopic (exact) mass is 564 g/mol. The Kier molecular flexibility index (Phi) is 75100. The van der Waals surface area contributed by atoms with Crippen LogP contribution in [0, 0.1) is 0 Å². The Morgan fingerprint density at radius 2 is 0.133 bits per heavy atom. The average molecular weight is 560 g/mol. The largest absolute Gasteiger partial charge is 4.00 e. The van der Waals surface area contributed by atoms with Gasteiger partial charge in [0.15, 0.2) is 0 Å². The van der Waals surface area contributed by atoms with Gasteiger partial charge in [0, 0.05) is 0 Å². The molecule has 0 atom stereocenters. The molecule has 0 spiro atoms. The average Bonchev–Trinajstić information content (AvgIpc) is 0. The summed E-state index contributed by atoms with van der Waals surface area (Å²) >= 11 is 0. The Balaban J connectivity index is 0. The van der Waals surface area contributed by atoms with Gasteiger partial charge in [-0.05, 0) is 0 Å². The van der Waals surface area contributed by atoms with Crippen molar-refractivity contribution >= 4 is 71.7 Å². The van der Waals surface area contributed by atoms with Crippen molar-refractivity contribution in [3.8, 4) is 0 Å². The molecule has 0 bridgehead atoms. The maximum absolute atomic E-state index is 0. The molecule has 0 amide bonds. The van der Waals surface area contributed by atoms with Crippen LogP contribution >= 0.6 is 0 Å². The first-order valence-corrected chi connectivity index (χ1v) is 0. The molecule has 12 N–H and O–H groups in total. The van der Waals surface area contributed by atoms with Crippen LogP contribution in [0.15, 0.2) is 0 Å². The summed E-state index contributed by atoms with van der Waals surface area (Å²) in [6.45, 7) is 0. The standard InChI is InChI=1S/12H2O.3Sn/h12*1H2;;;/q;;;;;;;;;;;;3*+4/p-12. The molecule has 15 heteroatoms. The van der Waals surface area contributed by atoms with Gasteiger partial charge in [-0.1, -0.05) is 0 Å². The Bertz CT molecular complexity index is 10.8. The zero-order chi connectivity index (χ0) is 0. The topological polar surface area (TPSA) is 360 Å². The first kappa shape index (κ1) is 1170. The zero-order valence-electron chi connectivity index (χ0n) is 6.87. The SMILES string of the molecule is [OH-].[OH-].[OH-].[OH-].[OH-].[OH-].[OH-].[OH-].[OH-].[OH-].[OH-].[OH-].[Sn+4].[Sn+4].[Sn+4]. The Morgan fingerprint density at radius 1 is 0.133 bits per heavy atom. The summed E-state index contributed by atoms with van der Waals surface area (Å²) in [6.07, 6.45) is 0. The van der Waals surface area contributed by atoms with Gasteiger partial charge in [0.25, 0.3) is 0 Å². The van der Waals surface area contributed by atoms with Gasteiger partial charge >= 0.3 is 71.7 Å². The number of hydrogen-bond acceptors (Lipinski definition) is 12. The van der Waals surface area contributed by atoms with E-state index in [-0.39, 0.29) is 137 Å². The summed E-state index contributed by atoms with van der Waals surface area (Å²) in [4.78, 5) is 0. The van der Waals surface area contributed by atoms with Crippen LogP contribution in [0.4, 0.5) is 0 Å². The number of hydrogen-bond donors (Lipinski definition) is 0. The van der Waals surface area contributed by atoms with Gasteiger partial charge in [-0.25, -0.2) is 0 Å². The van der Waals surface area contributed by atoms with E-state index >= 15 is 0 Å². The normalized spacial score (nSPS) is 0. The summed E-state index contributed by atoms with van der Waals surface area (Å²) in [5, 5.41) is 0. The third kappa shape index (κ3) is 840. The fourth-order valence-corrected chi connectivity index (χ4v) is 0. The van der Waals surface area contributed by atoms with Crippen LogP contribution in [0.2, 0.25) is 0 Å². The molecule has 0 aliphatic rings.